The molecule has 1 aromatic heterocycles. The quantitative estimate of drug-likeness (QED) is 0.889. The minimum absolute atomic E-state index is 0.252. The van der Waals surface area contributed by atoms with E-state index in [0.717, 1.165) is 35.9 Å². The standard InChI is InChI=1S/C19H21N5O2/c1-25-14-6-4-12(5-7-14)24-16(20)15-8-10-26-19(15)22-18(24)17-21-11-13-3-2-9-23(13)17/h4-8,10,13,18,20,22H,2-3,9,11H2,1H3. The summed E-state index contributed by atoms with van der Waals surface area (Å²) >= 11 is 0. The average molecular weight is 351 g/mol. The molecule has 0 amide bonds. The van der Waals surface area contributed by atoms with Gasteiger partial charge >= 0.3 is 0 Å². The van der Waals surface area contributed by atoms with Gasteiger partial charge in [0.05, 0.1) is 25.5 Å². The van der Waals surface area contributed by atoms with Crippen LogP contribution in [0.25, 0.3) is 0 Å². The molecule has 2 N–H and O–H groups in total. The molecule has 134 valence electrons. The van der Waals surface area contributed by atoms with Gasteiger partial charge in [-0.3, -0.25) is 15.3 Å². The van der Waals surface area contributed by atoms with E-state index in [9.17, 15) is 0 Å². The van der Waals surface area contributed by atoms with Crippen LogP contribution in [0.3, 0.4) is 0 Å². The van der Waals surface area contributed by atoms with Crippen molar-refractivity contribution in [1.29, 1.82) is 5.41 Å². The molecular weight excluding hydrogens is 330 g/mol. The second-order valence-electron chi connectivity index (χ2n) is 6.82. The van der Waals surface area contributed by atoms with Crippen molar-refractivity contribution < 1.29 is 9.15 Å². The van der Waals surface area contributed by atoms with Crippen molar-refractivity contribution in [1.82, 2.24) is 4.90 Å². The zero-order valence-corrected chi connectivity index (χ0v) is 14.6. The predicted octanol–water partition coefficient (Wildman–Crippen LogP) is 2.75. The number of anilines is 2. The molecule has 4 heterocycles. The van der Waals surface area contributed by atoms with Crippen LogP contribution in [-0.4, -0.2) is 49.0 Å². The Morgan fingerprint density at radius 3 is 2.92 bits per heavy atom. The van der Waals surface area contributed by atoms with Crippen LogP contribution in [0.1, 0.15) is 18.4 Å². The molecule has 2 unspecified atom stereocenters. The Labute approximate surface area is 151 Å². The first-order chi connectivity index (χ1) is 12.8. The molecule has 3 aliphatic heterocycles. The maximum absolute atomic E-state index is 8.78. The average Bonchev–Trinajstić information content (AvgIpc) is 3.38. The maximum Gasteiger partial charge on any atom is 0.205 e. The van der Waals surface area contributed by atoms with Crippen molar-refractivity contribution in [3.8, 4) is 5.75 Å². The Morgan fingerprint density at radius 2 is 2.12 bits per heavy atom. The number of rotatable bonds is 3. The molecule has 1 saturated heterocycles. The first-order valence-corrected chi connectivity index (χ1v) is 8.93. The molecule has 7 heteroatoms. The van der Waals surface area contributed by atoms with Crippen LogP contribution >= 0.6 is 0 Å². The van der Waals surface area contributed by atoms with Crippen LogP contribution in [0.5, 0.6) is 5.75 Å². The molecule has 5 rings (SSSR count). The molecule has 1 fully saturated rings. The molecule has 0 radical (unpaired) electrons. The Hall–Kier alpha value is -2.96. The smallest absolute Gasteiger partial charge is 0.205 e. The van der Waals surface area contributed by atoms with Crippen molar-refractivity contribution in [2.75, 3.05) is 30.4 Å². The number of fused-ring (bicyclic) bond motifs is 2. The fourth-order valence-corrected chi connectivity index (χ4v) is 4.12. The lowest BCUT2D eigenvalue weighted by molar-refractivity contribution is 0.414. The van der Waals surface area contributed by atoms with Gasteiger partial charge in [-0.25, -0.2) is 0 Å². The predicted molar refractivity (Wildman–Crippen MR) is 100 cm³/mol. The van der Waals surface area contributed by atoms with Crippen LogP contribution in [0.15, 0.2) is 46.0 Å². The van der Waals surface area contributed by atoms with Gasteiger partial charge in [0.15, 0.2) is 6.17 Å². The highest BCUT2D eigenvalue weighted by Crippen LogP contribution is 2.34. The normalized spacial score (nSPS) is 24.2. The Morgan fingerprint density at radius 1 is 1.27 bits per heavy atom. The summed E-state index contributed by atoms with van der Waals surface area (Å²) in [6.07, 6.45) is 3.75. The first kappa shape index (κ1) is 15.3. The molecule has 3 aliphatic rings. The lowest BCUT2D eigenvalue weighted by Gasteiger charge is -2.39. The summed E-state index contributed by atoms with van der Waals surface area (Å²) in [4.78, 5) is 9.19. The van der Waals surface area contributed by atoms with Crippen molar-refractivity contribution in [2.24, 2.45) is 4.99 Å². The number of benzene rings is 1. The van der Waals surface area contributed by atoms with E-state index in [1.807, 2.05) is 35.2 Å². The highest BCUT2D eigenvalue weighted by Gasteiger charge is 2.42. The van der Waals surface area contributed by atoms with Crippen molar-refractivity contribution in [3.63, 3.8) is 0 Å². The number of furan rings is 1. The SMILES string of the molecule is COc1ccc(N2C(=N)c3ccoc3NC2C2=NCC3CCCN23)cc1. The number of hydrogen-bond donors (Lipinski definition) is 2. The van der Waals surface area contributed by atoms with Crippen LogP contribution < -0.4 is 15.0 Å². The van der Waals surface area contributed by atoms with Gasteiger partial charge in [-0.2, -0.15) is 0 Å². The minimum atomic E-state index is -0.252. The molecular formula is C19H21N5O2. The molecule has 0 bridgehead atoms. The molecule has 7 nitrogen and oxygen atoms in total. The highest BCUT2D eigenvalue weighted by molar-refractivity contribution is 6.17. The van der Waals surface area contributed by atoms with Crippen molar-refractivity contribution in [2.45, 2.75) is 25.0 Å². The molecule has 1 aromatic carbocycles. The van der Waals surface area contributed by atoms with E-state index in [2.05, 4.69) is 10.2 Å². The fourth-order valence-electron chi connectivity index (χ4n) is 4.12. The van der Waals surface area contributed by atoms with E-state index >= 15 is 0 Å². The highest BCUT2D eigenvalue weighted by atomic mass is 16.5. The molecule has 26 heavy (non-hydrogen) atoms. The summed E-state index contributed by atoms with van der Waals surface area (Å²) in [5, 5.41) is 12.2. The summed E-state index contributed by atoms with van der Waals surface area (Å²) in [5.41, 5.74) is 1.68. The minimum Gasteiger partial charge on any atom is -0.497 e. The van der Waals surface area contributed by atoms with Gasteiger partial charge in [0.2, 0.25) is 5.88 Å². The number of aliphatic imine (C=N–C) groups is 1. The summed E-state index contributed by atoms with van der Waals surface area (Å²) in [5.74, 6) is 2.84. The van der Waals surface area contributed by atoms with E-state index in [1.165, 1.54) is 12.8 Å². The second-order valence-corrected chi connectivity index (χ2v) is 6.82. The summed E-state index contributed by atoms with van der Waals surface area (Å²) in [7, 11) is 1.65. The molecule has 2 aromatic rings. The first-order valence-electron chi connectivity index (χ1n) is 8.93. The van der Waals surface area contributed by atoms with E-state index < -0.39 is 0 Å². The van der Waals surface area contributed by atoms with Crippen molar-refractivity contribution >= 4 is 23.2 Å². The van der Waals surface area contributed by atoms with Crippen LogP contribution in [0.4, 0.5) is 11.6 Å². The van der Waals surface area contributed by atoms with Crippen molar-refractivity contribution in [3.05, 3.63) is 42.2 Å². The number of methoxy groups -OCH3 is 1. The zero-order valence-electron chi connectivity index (χ0n) is 14.6. The Bertz CT molecular complexity index is 872. The van der Waals surface area contributed by atoms with Gasteiger partial charge in [0.1, 0.15) is 17.4 Å². The van der Waals surface area contributed by atoms with Gasteiger partial charge < -0.3 is 19.4 Å². The summed E-state index contributed by atoms with van der Waals surface area (Å²) in [6, 6.07) is 10.1. The number of hydrogen-bond acceptors (Lipinski definition) is 6. The van der Waals surface area contributed by atoms with E-state index in [4.69, 9.17) is 19.6 Å². The van der Waals surface area contributed by atoms with Crippen LogP contribution in [0, 0.1) is 5.41 Å². The van der Waals surface area contributed by atoms with Crippen LogP contribution in [-0.2, 0) is 0 Å². The monoisotopic (exact) mass is 351 g/mol. The topological polar surface area (TPSA) is 77.1 Å². The summed E-state index contributed by atoms with van der Waals surface area (Å²) < 4.78 is 10.9. The molecule has 0 saturated carbocycles. The van der Waals surface area contributed by atoms with E-state index in [0.29, 0.717) is 17.8 Å². The van der Waals surface area contributed by atoms with E-state index in [1.54, 1.807) is 13.4 Å². The lowest BCUT2D eigenvalue weighted by atomic mass is 10.1. The van der Waals surface area contributed by atoms with Gasteiger partial charge in [-0.05, 0) is 43.2 Å². The zero-order chi connectivity index (χ0) is 17.7. The number of nitrogens with zero attached hydrogens (tertiary/aromatic N) is 3. The second kappa shape index (κ2) is 5.79. The van der Waals surface area contributed by atoms with Gasteiger partial charge in [0, 0.05) is 18.3 Å². The Kier molecular flexibility index (Phi) is 3.41. The van der Waals surface area contributed by atoms with Gasteiger partial charge in [-0.15, -0.1) is 0 Å². The molecule has 2 atom stereocenters. The molecule has 0 aliphatic carbocycles. The lowest BCUT2D eigenvalue weighted by Crippen LogP contribution is -2.56. The number of nitrogens with one attached hydrogen (secondary N) is 2. The largest absolute Gasteiger partial charge is 0.497 e. The number of amidine groups is 2. The maximum atomic E-state index is 8.78. The van der Waals surface area contributed by atoms with Crippen LogP contribution in [0.2, 0.25) is 0 Å². The third kappa shape index (κ3) is 2.20. The third-order valence-electron chi connectivity index (χ3n) is 5.42. The number of ether oxygens (including phenoxy) is 1. The van der Waals surface area contributed by atoms with E-state index in [-0.39, 0.29) is 6.17 Å². The molecule has 0 spiro atoms. The van der Waals surface area contributed by atoms with Gasteiger partial charge in [0.25, 0.3) is 0 Å². The third-order valence-corrected chi connectivity index (χ3v) is 5.42. The Balaban J connectivity index is 1.57. The van der Waals surface area contributed by atoms with Gasteiger partial charge in [-0.1, -0.05) is 0 Å². The summed E-state index contributed by atoms with van der Waals surface area (Å²) in [6.45, 7) is 1.86. The fraction of sp³-hybridized carbons (Fsp3) is 0.368.